The second-order valence-corrected chi connectivity index (χ2v) is 4.49. The van der Waals surface area contributed by atoms with E-state index < -0.39 is 0 Å². The number of carbonyl (C=O) groups excluding carboxylic acids is 1. The number of aromatic nitrogens is 1. The lowest BCUT2D eigenvalue weighted by molar-refractivity contribution is 0.0776. The number of pyridine rings is 1. The van der Waals surface area contributed by atoms with E-state index in [9.17, 15) is 4.79 Å². The van der Waals surface area contributed by atoms with Crippen LogP contribution in [0.2, 0.25) is 0 Å². The molecule has 0 bridgehead atoms. The monoisotopic (exact) mass is 259 g/mol. The SMILES string of the molecule is NCC#Cc1cccnc1C(=O)N1CCC(CO)C1. The van der Waals surface area contributed by atoms with Crippen LogP contribution in [0.25, 0.3) is 0 Å². The smallest absolute Gasteiger partial charge is 0.273 e. The standard InChI is InChI=1S/C14H17N3O2/c15-6-1-3-12-4-2-7-16-13(12)14(19)17-8-5-11(9-17)10-18/h2,4,7,11,18H,5-6,8-10,15H2. The number of hydrogen-bond donors (Lipinski definition) is 2. The molecule has 3 N–H and O–H groups in total. The second-order valence-electron chi connectivity index (χ2n) is 4.49. The minimum Gasteiger partial charge on any atom is -0.396 e. The van der Waals surface area contributed by atoms with Crippen LogP contribution in [0.5, 0.6) is 0 Å². The summed E-state index contributed by atoms with van der Waals surface area (Å²) in [5.41, 5.74) is 6.31. The molecule has 1 aromatic heterocycles. The second kappa shape index (κ2) is 6.32. The van der Waals surface area contributed by atoms with Gasteiger partial charge in [-0.05, 0) is 18.6 Å². The van der Waals surface area contributed by atoms with Crippen molar-refractivity contribution in [1.29, 1.82) is 0 Å². The Hall–Kier alpha value is -1.90. The van der Waals surface area contributed by atoms with Crippen LogP contribution in [-0.2, 0) is 0 Å². The van der Waals surface area contributed by atoms with Gasteiger partial charge >= 0.3 is 0 Å². The predicted molar refractivity (Wildman–Crippen MR) is 71.3 cm³/mol. The third-order valence-electron chi connectivity index (χ3n) is 3.17. The molecule has 0 aliphatic carbocycles. The van der Waals surface area contributed by atoms with Crippen LogP contribution < -0.4 is 5.73 Å². The van der Waals surface area contributed by atoms with E-state index >= 15 is 0 Å². The number of likely N-dealkylation sites (tertiary alicyclic amines) is 1. The van der Waals surface area contributed by atoms with Gasteiger partial charge in [-0.25, -0.2) is 4.98 Å². The first-order chi connectivity index (χ1) is 9.26. The molecule has 0 spiro atoms. The summed E-state index contributed by atoms with van der Waals surface area (Å²) in [5.74, 6) is 5.65. The highest BCUT2D eigenvalue weighted by molar-refractivity contribution is 5.94. The highest BCUT2D eigenvalue weighted by Crippen LogP contribution is 2.18. The van der Waals surface area contributed by atoms with Gasteiger partial charge in [0.1, 0.15) is 5.69 Å². The van der Waals surface area contributed by atoms with Crippen molar-refractivity contribution >= 4 is 5.91 Å². The minimum atomic E-state index is -0.127. The molecule has 1 saturated heterocycles. The third kappa shape index (κ3) is 3.11. The Labute approximate surface area is 112 Å². The van der Waals surface area contributed by atoms with Gasteiger partial charge in [0.25, 0.3) is 5.91 Å². The number of aliphatic hydroxyl groups excluding tert-OH is 1. The van der Waals surface area contributed by atoms with E-state index in [1.54, 1.807) is 23.2 Å². The number of carbonyl (C=O) groups is 1. The Balaban J connectivity index is 2.20. The molecular formula is C14H17N3O2. The Morgan fingerprint density at radius 3 is 3.16 bits per heavy atom. The van der Waals surface area contributed by atoms with Crippen molar-refractivity contribution in [3.05, 3.63) is 29.6 Å². The van der Waals surface area contributed by atoms with Gasteiger partial charge in [0, 0.05) is 31.8 Å². The fraction of sp³-hybridized carbons (Fsp3) is 0.429. The lowest BCUT2D eigenvalue weighted by atomic mass is 10.1. The van der Waals surface area contributed by atoms with Crippen molar-refractivity contribution < 1.29 is 9.90 Å². The van der Waals surface area contributed by atoms with Crippen LogP contribution in [0.15, 0.2) is 18.3 Å². The number of hydrogen-bond acceptors (Lipinski definition) is 4. The Morgan fingerprint density at radius 1 is 1.63 bits per heavy atom. The topological polar surface area (TPSA) is 79.5 Å². The number of amides is 1. The van der Waals surface area contributed by atoms with E-state index in [1.165, 1.54) is 0 Å². The highest BCUT2D eigenvalue weighted by Gasteiger charge is 2.28. The molecule has 5 nitrogen and oxygen atoms in total. The lowest BCUT2D eigenvalue weighted by Crippen LogP contribution is -2.30. The number of aliphatic hydroxyl groups is 1. The van der Waals surface area contributed by atoms with Crippen LogP contribution in [0.4, 0.5) is 0 Å². The van der Waals surface area contributed by atoms with E-state index in [-0.39, 0.29) is 25.0 Å². The van der Waals surface area contributed by atoms with Crippen LogP contribution >= 0.6 is 0 Å². The maximum absolute atomic E-state index is 12.4. The van der Waals surface area contributed by atoms with Crippen molar-refractivity contribution in [3.63, 3.8) is 0 Å². The van der Waals surface area contributed by atoms with Crippen LogP contribution in [0, 0.1) is 17.8 Å². The van der Waals surface area contributed by atoms with E-state index in [0.717, 1.165) is 6.42 Å². The number of rotatable bonds is 2. The zero-order valence-corrected chi connectivity index (χ0v) is 10.7. The molecule has 0 aromatic carbocycles. The fourth-order valence-electron chi connectivity index (χ4n) is 2.14. The molecule has 1 unspecified atom stereocenters. The van der Waals surface area contributed by atoms with Crippen molar-refractivity contribution in [3.8, 4) is 11.8 Å². The van der Waals surface area contributed by atoms with E-state index in [1.807, 2.05) is 0 Å². The zero-order valence-electron chi connectivity index (χ0n) is 10.7. The summed E-state index contributed by atoms with van der Waals surface area (Å²) in [4.78, 5) is 18.2. The molecule has 2 rings (SSSR count). The summed E-state index contributed by atoms with van der Waals surface area (Å²) in [6.07, 6.45) is 2.42. The molecule has 1 aliphatic rings. The van der Waals surface area contributed by atoms with E-state index in [0.29, 0.717) is 24.3 Å². The maximum Gasteiger partial charge on any atom is 0.273 e. The number of nitrogens with two attached hydrogens (primary N) is 1. The molecule has 1 fully saturated rings. The summed E-state index contributed by atoms with van der Waals surface area (Å²) >= 11 is 0. The predicted octanol–water partition coefficient (Wildman–Crippen LogP) is -0.154. The molecule has 1 aliphatic heterocycles. The molecule has 0 saturated carbocycles. The lowest BCUT2D eigenvalue weighted by Gasteiger charge is -2.16. The summed E-state index contributed by atoms with van der Waals surface area (Å²) in [5, 5.41) is 9.12. The van der Waals surface area contributed by atoms with Gasteiger partial charge < -0.3 is 15.7 Å². The minimum absolute atomic E-state index is 0.117. The van der Waals surface area contributed by atoms with Crippen molar-refractivity contribution in [2.45, 2.75) is 6.42 Å². The average Bonchev–Trinajstić information content (AvgIpc) is 2.93. The summed E-state index contributed by atoms with van der Waals surface area (Å²) in [7, 11) is 0. The van der Waals surface area contributed by atoms with Crippen molar-refractivity contribution in [2.24, 2.45) is 11.7 Å². The average molecular weight is 259 g/mol. The first-order valence-corrected chi connectivity index (χ1v) is 6.30. The van der Waals surface area contributed by atoms with Gasteiger partial charge in [0.2, 0.25) is 0 Å². The molecule has 1 atom stereocenters. The van der Waals surface area contributed by atoms with Gasteiger partial charge in [0.15, 0.2) is 0 Å². The largest absolute Gasteiger partial charge is 0.396 e. The zero-order chi connectivity index (χ0) is 13.7. The molecule has 2 heterocycles. The first kappa shape index (κ1) is 13.5. The molecule has 19 heavy (non-hydrogen) atoms. The quantitative estimate of drug-likeness (QED) is 0.724. The fourth-order valence-corrected chi connectivity index (χ4v) is 2.14. The van der Waals surface area contributed by atoms with Crippen LogP contribution in [0.3, 0.4) is 0 Å². The molecule has 0 radical (unpaired) electrons. The van der Waals surface area contributed by atoms with Crippen molar-refractivity contribution in [1.82, 2.24) is 9.88 Å². The van der Waals surface area contributed by atoms with Gasteiger partial charge in [-0.15, -0.1) is 0 Å². The van der Waals surface area contributed by atoms with Gasteiger partial charge in [-0.1, -0.05) is 11.8 Å². The Bertz CT molecular complexity index is 519. The van der Waals surface area contributed by atoms with Gasteiger partial charge in [0.05, 0.1) is 12.1 Å². The summed E-state index contributed by atoms with van der Waals surface area (Å²) in [6, 6.07) is 3.51. The third-order valence-corrected chi connectivity index (χ3v) is 3.17. The Kier molecular flexibility index (Phi) is 4.50. The highest BCUT2D eigenvalue weighted by atomic mass is 16.3. The van der Waals surface area contributed by atoms with Crippen molar-refractivity contribution in [2.75, 3.05) is 26.2 Å². The van der Waals surface area contributed by atoms with Crippen LogP contribution in [-0.4, -0.2) is 47.1 Å². The maximum atomic E-state index is 12.4. The first-order valence-electron chi connectivity index (χ1n) is 6.30. The molecular weight excluding hydrogens is 242 g/mol. The molecule has 1 amide bonds. The van der Waals surface area contributed by atoms with Gasteiger partial charge in [-0.3, -0.25) is 4.79 Å². The van der Waals surface area contributed by atoms with Gasteiger partial charge in [-0.2, -0.15) is 0 Å². The normalized spacial score (nSPS) is 18.0. The molecule has 1 aromatic rings. The Morgan fingerprint density at radius 2 is 2.47 bits per heavy atom. The molecule has 100 valence electrons. The van der Waals surface area contributed by atoms with E-state index in [4.69, 9.17) is 10.8 Å². The van der Waals surface area contributed by atoms with E-state index in [2.05, 4.69) is 16.8 Å². The molecule has 5 heteroatoms. The van der Waals surface area contributed by atoms with Crippen LogP contribution in [0.1, 0.15) is 22.5 Å². The summed E-state index contributed by atoms with van der Waals surface area (Å²) in [6.45, 7) is 1.60. The summed E-state index contributed by atoms with van der Waals surface area (Å²) < 4.78 is 0. The number of nitrogens with zero attached hydrogens (tertiary/aromatic N) is 2.